The van der Waals surface area contributed by atoms with E-state index in [9.17, 15) is 0 Å². The normalized spacial score (nSPS) is 22.7. The monoisotopic (exact) mass is 281 g/mol. The average Bonchev–Trinajstić information content (AvgIpc) is 2.98. The number of nitrogens with one attached hydrogen (secondary N) is 1. The van der Waals surface area contributed by atoms with Crippen molar-refractivity contribution in [2.45, 2.75) is 31.7 Å². The van der Waals surface area contributed by atoms with Crippen molar-refractivity contribution in [3.05, 3.63) is 53.6 Å². The van der Waals surface area contributed by atoms with Crippen molar-refractivity contribution >= 4 is 5.69 Å². The first-order valence-electron chi connectivity index (χ1n) is 7.56. The number of rotatable bonds is 2. The van der Waals surface area contributed by atoms with Crippen LogP contribution in [0.4, 0.5) is 5.69 Å². The molecule has 21 heavy (non-hydrogen) atoms. The summed E-state index contributed by atoms with van der Waals surface area (Å²) in [5.41, 5.74) is 3.99. The van der Waals surface area contributed by atoms with E-state index in [2.05, 4.69) is 42.6 Å². The summed E-state index contributed by atoms with van der Waals surface area (Å²) >= 11 is 0. The summed E-state index contributed by atoms with van der Waals surface area (Å²) in [6.45, 7) is 2.64. The fraction of sp³-hybridized carbons (Fsp3) is 0.333. The minimum atomic E-state index is 0.322. The van der Waals surface area contributed by atoms with Crippen LogP contribution in [0, 0.1) is 0 Å². The van der Waals surface area contributed by atoms with Crippen molar-refractivity contribution in [3.8, 4) is 11.5 Å². The Balaban J connectivity index is 1.62. The molecule has 4 rings (SSSR count). The molecule has 0 radical (unpaired) electrons. The van der Waals surface area contributed by atoms with Gasteiger partial charge in [-0.1, -0.05) is 31.2 Å². The molecule has 0 saturated carbocycles. The van der Waals surface area contributed by atoms with E-state index in [1.807, 2.05) is 12.1 Å². The molecule has 3 nitrogen and oxygen atoms in total. The zero-order chi connectivity index (χ0) is 14.2. The molecule has 2 aromatic rings. The lowest BCUT2D eigenvalue weighted by Crippen LogP contribution is -2.19. The number of benzene rings is 2. The molecule has 1 aliphatic carbocycles. The van der Waals surface area contributed by atoms with Gasteiger partial charge >= 0.3 is 0 Å². The molecular weight excluding hydrogens is 262 g/mol. The molecule has 3 heteroatoms. The maximum atomic E-state index is 5.45. The molecule has 0 spiro atoms. The van der Waals surface area contributed by atoms with Crippen LogP contribution in [-0.4, -0.2) is 6.79 Å². The molecule has 0 amide bonds. The minimum absolute atomic E-state index is 0.322. The van der Waals surface area contributed by atoms with Crippen LogP contribution >= 0.6 is 0 Å². The summed E-state index contributed by atoms with van der Waals surface area (Å²) in [6, 6.07) is 15.2. The summed E-state index contributed by atoms with van der Waals surface area (Å²) < 4.78 is 10.8. The van der Waals surface area contributed by atoms with E-state index < -0.39 is 0 Å². The topological polar surface area (TPSA) is 30.5 Å². The van der Waals surface area contributed by atoms with E-state index in [4.69, 9.17) is 9.47 Å². The van der Waals surface area contributed by atoms with E-state index in [-0.39, 0.29) is 0 Å². The van der Waals surface area contributed by atoms with E-state index >= 15 is 0 Å². The Kier molecular flexibility index (Phi) is 2.99. The molecule has 108 valence electrons. The van der Waals surface area contributed by atoms with Gasteiger partial charge in [0.05, 0.1) is 6.04 Å². The summed E-state index contributed by atoms with van der Waals surface area (Å²) in [5, 5.41) is 3.65. The maximum absolute atomic E-state index is 5.45. The van der Waals surface area contributed by atoms with Gasteiger partial charge in [-0.05, 0) is 42.0 Å². The van der Waals surface area contributed by atoms with Gasteiger partial charge in [0.2, 0.25) is 6.79 Å². The van der Waals surface area contributed by atoms with Crippen molar-refractivity contribution < 1.29 is 9.47 Å². The second-order valence-electron chi connectivity index (χ2n) is 5.87. The summed E-state index contributed by atoms with van der Waals surface area (Å²) in [6.07, 6.45) is 2.38. The van der Waals surface area contributed by atoms with Gasteiger partial charge in [-0.2, -0.15) is 0 Å². The fourth-order valence-corrected chi connectivity index (χ4v) is 3.34. The zero-order valence-electron chi connectivity index (χ0n) is 12.1. The minimum Gasteiger partial charge on any atom is -0.454 e. The quantitative estimate of drug-likeness (QED) is 0.881. The Bertz CT molecular complexity index is 668. The molecule has 2 unspecified atom stereocenters. The maximum Gasteiger partial charge on any atom is 0.231 e. The predicted molar refractivity (Wildman–Crippen MR) is 83.0 cm³/mol. The van der Waals surface area contributed by atoms with Gasteiger partial charge in [0.15, 0.2) is 11.5 Å². The summed E-state index contributed by atoms with van der Waals surface area (Å²) in [4.78, 5) is 0. The van der Waals surface area contributed by atoms with Crippen molar-refractivity contribution in [1.29, 1.82) is 0 Å². The van der Waals surface area contributed by atoms with Crippen LogP contribution in [0.5, 0.6) is 11.5 Å². The molecule has 0 aromatic heterocycles. The molecule has 2 aliphatic rings. The average molecular weight is 281 g/mol. The van der Waals surface area contributed by atoms with Crippen LogP contribution < -0.4 is 14.8 Å². The Morgan fingerprint density at radius 3 is 2.67 bits per heavy atom. The number of ether oxygens (including phenoxy) is 2. The third-order valence-corrected chi connectivity index (χ3v) is 4.50. The zero-order valence-corrected chi connectivity index (χ0v) is 12.1. The summed E-state index contributed by atoms with van der Waals surface area (Å²) in [7, 11) is 0. The molecule has 0 saturated heterocycles. The third-order valence-electron chi connectivity index (χ3n) is 4.50. The lowest BCUT2D eigenvalue weighted by atomic mass is 9.81. The van der Waals surface area contributed by atoms with Gasteiger partial charge in [-0.25, -0.2) is 0 Å². The molecule has 0 bridgehead atoms. The molecule has 1 heterocycles. The van der Waals surface area contributed by atoms with Crippen molar-refractivity contribution in [2.24, 2.45) is 0 Å². The van der Waals surface area contributed by atoms with Crippen molar-refractivity contribution in [3.63, 3.8) is 0 Å². The predicted octanol–water partition coefficient (Wildman–Crippen LogP) is 4.47. The Labute approximate surface area is 124 Å². The first-order chi connectivity index (χ1) is 10.3. The standard InChI is InChI=1S/C18H19NO2/c1-12-6-8-16(15-5-3-2-4-14(12)15)19-13-7-9-17-18(10-13)21-11-20-17/h2-5,7,9-10,12,16,19H,6,8,11H2,1H3. The highest BCUT2D eigenvalue weighted by atomic mass is 16.7. The molecular formula is C18H19NO2. The van der Waals surface area contributed by atoms with Crippen LogP contribution in [0.25, 0.3) is 0 Å². The molecule has 1 aliphatic heterocycles. The Morgan fingerprint density at radius 1 is 0.952 bits per heavy atom. The molecule has 2 aromatic carbocycles. The smallest absolute Gasteiger partial charge is 0.231 e. The number of hydrogen-bond acceptors (Lipinski definition) is 3. The molecule has 1 N–H and O–H groups in total. The second-order valence-corrected chi connectivity index (χ2v) is 5.87. The van der Waals surface area contributed by atoms with Gasteiger partial charge in [-0.15, -0.1) is 0 Å². The van der Waals surface area contributed by atoms with Gasteiger partial charge in [-0.3, -0.25) is 0 Å². The van der Waals surface area contributed by atoms with Crippen LogP contribution in [-0.2, 0) is 0 Å². The number of anilines is 1. The lowest BCUT2D eigenvalue weighted by Gasteiger charge is -2.31. The molecule has 2 atom stereocenters. The van der Waals surface area contributed by atoms with E-state index in [1.165, 1.54) is 17.5 Å². The number of hydrogen-bond donors (Lipinski definition) is 1. The highest BCUT2D eigenvalue weighted by Gasteiger charge is 2.24. The highest BCUT2D eigenvalue weighted by Crippen LogP contribution is 2.40. The van der Waals surface area contributed by atoms with E-state index in [0.29, 0.717) is 18.8 Å². The van der Waals surface area contributed by atoms with Crippen LogP contribution in [0.15, 0.2) is 42.5 Å². The van der Waals surface area contributed by atoms with Gasteiger partial charge in [0, 0.05) is 11.8 Å². The first kappa shape index (κ1) is 12.6. The van der Waals surface area contributed by atoms with Gasteiger partial charge < -0.3 is 14.8 Å². The van der Waals surface area contributed by atoms with Crippen LogP contribution in [0.1, 0.15) is 42.9 Å². The highest BCUT2D eigenvalue weighted by molar-refractivity contribution is 5.57. The SMILES string of the molecule is CC1CCC(Nc2ccc3c(c2)OCO3)c2ccccc21. The van der Waals surface area contributed by atoms with E-state index in [1.54, 1.807) is 0 Å². The summed E-state index contributed by atoms with van der Waals surface area (Å²) in [5.74, 6) is 2.31. The van der Waals surface area contributed by atoms with Gasteiger partial charge in [0.25, 0.3) is 0 Å². The lowest BCUT2D eigenvalue weighted by molar-refractivity contribution is 0.174. The number of fused-ring (bicyclic) bond motifs is 2. The first-order valence-corrected chi connectivity index (χ1v) is 7.56. The van der Waals surface area contributed by atoms with Crippen LogP contribution in [0.2, 0.25) is 0 Å². The largest absolute Gasteiger partial charge is 0.454 e. The fourth-order valence-electron chi connectivity index (χ4n) is 3.34. The Hall–Kier alpha value is -2.16. The Morgan fingerprint density at radius 2 is 1.76 bits per heavy atom. The third kappa shape index (κ3) is 2.23. The van der Waals surface area contributed by atoms with E-state index in [0.717, 1.165) is 23.6 Å². The second kappa shape index (κ2) is 4.99. The van der Waals surface area contributed by atoms with Gasteiger partial charge in [0.1, 0.15) is 0 Å². The molecule has 0 fully saturated rings. The van der Waals surface area contributed by atoms with Crippen LogP contribution in [0.3, 0.4) is 0 Å². The van der Waals surface area contributed by atoms with Crippen molar-refractivity contribution in [2.75, 3.05) is 12.1 Å². The van der Waals surface area contributed by atoms with Crippen molar-refractivity contribution in [1.82, 2.24) is 0 Å².